The molecule has 0 heterocycles. The molecule has 0 saturated heterocycles. The molecule has 0 aliphatic heterocycles. The van der Waals surface area contributed by atoms with Gasteiger partial charge in [-0.15, -0.1) is 0 Å². The van der Waals surface area contributed by atoms with Gasteiger partial charge in [0.1, 0.15) is 0 Å². The summed E-state index contributed by atoms with van der Waals surface area (Å²) in [5.41, 5.74) is 2.41. The first kappa shape index (κ1) is 17.0. The van der Waals surface area contributed by atoms with Crippen LogP contribution in [-0.4, -0.2) is 20.6 Å². The number of rotatable bonds is 6. The van der Waals surface area contributed by atoms with Crippen LogP contribution < -0.4 is 4.89 Å². The van der Waals surface area contributed by atoms with E-state index < -0.39 is 16.1 Å². The lowest BCUT2D eigenvalue weighted by molar-refractivity contribution is -0.210. The van der Waals surface area contributed by atoms with Gasteiger partial charge in [0.2, 0.25) is 0 Å². The largest absolute Gasteiger partial charge is 0.352 e. The zero-order chi connectivity index (χ0) is 16.9. The average molecular weight is 336 g/mol. The highest BCUT2D eigenvalue weighted by atomic mass is 32.2. The minimum atomic E-state index is -3.49. The molecule has 0 amide bonds. The monoisotopic (exact) mass is 336 g/mol. The molecule has 23 heavy (non-hydrogen) atoms. The maximum Gasteiger partial charge on any atom is 0.352 e. The number of hydrogen-bond donors (Lipinski definition) is 0. The van der Waals surface area contributed by atoms with Gasteiger partial charge >= 0.3 is 5.97 Å². The quantitative estimate of drug-likeness (QED) is 0.458. The molecule has 122 valence electrons. The molecular weight excluding hydrogens is 320 g/mol. The van der Waals surface area contributed by atoms with E-state index in [1.807, 2.05) is 18.2 Å². The molecule has 2 aromatic carbocycles. The molecule has 0 atom stereocenters. The minimum Gasteiger partial charge on any atom is -0.287 e. The molecule has 0 aromatic heterocycles. The van der Waals surface area contributed by atoms with Crippen LogP contribution in [0.5, 0.6) is 5.75 Å². The van der Waals surface area contributed by atoms with Gasteiger partial charge in [0.05, 0.1) is 12.9 Å². The maximum absolute atomic E-state index is 11.1. The van der Waals surface area contributed by atoms with Crippen LogP contribution in [-0.2, 0) is 30.6 Å². The van der Waals surface area contributed by atoms with Crippen molar-refractivity contribution in [3.63, 3.8) is 0 Å². The average Bonchev–Trinajstić information content (AvgIpc) is 2.51. The van der Waals surface area contributed by atoms with Crippen molar-refractivity contribution in [1.29, 1.82) is 0 Å². The summed E-state index contributed by atoms with van der Waals surface area (Å²) in [4.78, 5) is 20.2. The highest BCUT2D eigenvalue weighted by molar-refractivity contribution is 7.85. The van der Waals surface area contributed by atoms with E-state index in [0.29, 0.717) is 5.75 Å². The van der Waals surface area contributed by atoms with Crippen molar-refractivity contribution in [2.45, 2.75) is 13.5 Å². The van der Waals surface area contributed by atoms with E-state index >= 15 is 0 Å². The second-order valence-corrected chi connectivity index (χ2v) is 6.50. The fourth-order valence-corrected chi connectivity index (χ4v) is 2.20. The van der Waals surface area contributed by atoms with E-state index in [2.05, 4.69) is 4.89 Å². The highest BCUT2D eigenvalue weighted by Gasteiger charge is 2.06. The van der Waals surface area contributed by atoms with Crippen LogP contribution >= 0.6 is 0 Å². The Morgan fingerprint density at radius 1 is 1.04 bits per heavy atom. The van der Waals surface area contributed by atoms with Crippen molar-refractivity contribution in [2.24, 2.45) is 0 Å². The van der Waals surface area contributed by atoms with Crippen LogP contribution in [0.3, 0.4) is 0 Å². The summed E-state index contributed by atoms with van der Waals surface area (Å²) >= 11 is 0. The summed E-state index contributed by atoms with van der Waals surface area (Å²) in [6.07, 6.45) is 1.01. The number of benzene rings is 2. The Balaban J connectivity index is 2.18. The predicted molar refractivity (Wildman–Crippen MR) is 83.9 cm³/mol. The van der Waals surface area contributed by atoms with Gasteiger partial charge in [0.25, 0.3) is 10.1 Å². The molecule has 0 spiro atoms. The molecule has 0 fully saturated rings. The lowest BCUT2D eigenvalue weighted by atomic mass is 10.0. The van der Waals surface area contributed by atoms with Crippen LogP contribution in [0.1, 0.15) is 12.5 Å². The van der Waals surface area contributed by atoms with Crippen molar-refractivity contribution in [2.75, 3.05) is 6.26 Å². The Labute approximate surface area is 134 Å². The molecule has 0 saturated carbocycles. The topological polar surface area (TPSA) is 78.9 Å². The van der Waals surface area contributed by atoms with Gasteiger partial charge < -0.3 is 0 Å². The van der Waals surface area contributed by atoms with Crippen molar-refractivity contribution >= 4 is 16.1 Å². The van der Waals surface area contributed by atoms with Gasteiger partial charge in [-0.25, -0.2) is 4.79 Å². The predicted octanol–water partition coefficient (Wildman–Crippen LogP) is 2.69. The highest BCUT2D eigenvalue weighted by Crippen LogP contribution is 2.25. The molecule has 6 nitrogen and oxygen atoms in total. The van der Waals surface area contributed by atoms with E-state index in [9.17, 15) is 13.2 Å². The molecule has 0 bridgehead atoms. The summed E-state index contributed by atoms with van der Waals surface area (Å²) in [6.45, 7) is 1.21. The van der Waals surface area contributed by atoms with Crippen LogP contribution in [0.25, 0.3) is 11.1 Å². The molecule has 0 radical (unpaired) electrons. The molecule has 0 aliphatic carbocycles. The fraction of sp³-hybridized carbons (Fsp3) is 0.188. The molecule has 2 rings (SSSR count). The maximum atomic E-state index is 11.1. The zero-order valence-electron chi connectivity index (χ0n) is 12.7. The Bertz CT molecular complexity index is 798. The summed E-state index contributed by atoms with van der Waals surface area (Å²) in [5, 5.41) is 0. The van der Waals surface area contributed by atoms with Crippen LogP contribution in [0.15, 0.2) is 48.5 Å². The Kier molecular flexibility index (Phi) is 5.36. The van der Waals surface area contributed by atoms with E-state index in [1.54, 1.807) is 30.3 Å². The molecule has 2 aromatic rings. The second-order valence-electron chi connectivity index (χ2n) is 4.85. The van der Waals surface area contributed by atoms with Crippen LogP contribution in [0.4, 0.5) is 0 Å². The third kappa shape index (κ3) is 5.72. The Hall–Kier alpha value is -2.38. The normalized spacial score (nSPS) is 11.0. The van der Waals surface area contributed by atoms with Crippen LogP contribution in [0.2, 0.25) is 0 Å². The first-order valence-electron chi connectivity index (χ1n) is 6.72. The minimum absolute atomic E-state index is 0.0314. The SMILES string of the molecule is CC(=O)OOc1cccc(-c2cccc(COS(C)(=O)=O)c2)c1. The van der Waals surface area contributed by atoms with E-state index in [4.69, 9.17) is 9.07 Å². The summed E-state index contributed by atoms with van der Waals surface area (Å²) in [7, 11) is -3.49. The Morgan fingerprint density at radius 2 is 1.70 bits per heavy atom. The van der Waals surface area contributed by atoms with Crippen LogP contribution in [0, 0.1) is 0 Å². The first-order valence-corrected chi connectivity index (χ1v) is 8.54. The standard InChI is InChI=1S/C16H16O6S/c1-12(17)21-22-16-8-4-7-15(10-16)14-6-3-5-13(9-14)11-20-23(2,18)19/h3-10H,11H2,1-2H3. The van der Waals surface area contributed by atoms with Gasteiger partial charge in [0, 0.05) is 6.92 Å². The number of carbonyl (C=O) groups excluding carboxylic acids is 1. The lowest BCUT2D eigenvalue weighted by Crippen LogP contribution is -2.03. The molecule has 7 heteroatoms. The molecular formula is C16H16O6S. The van der Waals surface area contributed by atoms with Crippen molar-refractivity contribution in [3.8, 4) is 16.9 Å². The van der Waals surface area contributed by atoms with Crippen molar-refractivity contribution < 1.29 is 27.2 Å². The van der Waals surface area contributed by atoms with Gasteiger partial charge in [-0.3, -0.25) is 14.0 Å². The first-order chi connectivity index (χ1) is 10.8. The third-order valence-electron chi connectivity index (χ3n) is 2.79. The molecule has 0 aliphatic rings. The Morgan fingerprint density at radius 3 is 2.35 bits per heavy atom. The summed E-state index contributed by atoms with van der Waals surface area (Å²) in [5.74, 6) is -0.161. The van der Waals surface area contributed by atoms with E-state index in [-0.39, 0.29) is 6.61 Å². The number of hydrogen-bond acceptors (Lipinski definition) is 6. The van der Waals surface area contributed by atoms with Gasteiger partial charge in [-0.05, 0) is 34.9 Å². The van der Waals surface area contributed by atoms with Crippen molar-refractivity contribution in [1.82, 2.24) is 0 Å². The van der Waals surface area contributed by atoms with Gasteiger partial charge in [-0.1, -0.05) is 30.3 Å². The fourth-order valence-electron chi connectivity index (χ4n) is 1.85. The van der Waals surface area contributed by atoms with E-state index in [1.165, 1.54) is 6.92 Å². The zero-order valence-corrected chi connectivity index (χ0v) is 13.5. The molecule has 0 unspecified atom stereocenters. The van der Waals surface area contributed by atoms with E-state index in [0.717, 1.165) is 22.9 Å². The third-order valence-corrected chi connectivity index (χ3v) is 3.34. The second kappa shape index (κ2) is 7.26. The van der Waals surface area contributed by atoms with Gasteiger partial charge in [-0.2, -0.15) is 8.42 Å². The van der Waals surface area contributed by atoms with Gasteiger partial charge in [0.15, 0.2) is 5.75 Å². The lowest BCUT2D eigenvalue weighted by Gasteiger charge is -2.07. The molecule has 0 N–H and O–H groups in total. The summed E-state index contributed by atoms with van der Waals surface area (Å²) in [6, 6.07) is 14.2. The van der Waals surface area contributed by atoms with Crippen molar-refractivity contribution in [3.05, 3.63) is 54.1 Å². The summed E-state index contributed by atoms with van der Waals surface area (Å²) < 4.78 is 26.9. The number of carbonyl (C=O) groups is 1. The smallest absolute Gasteiger partial charge is 0.287 e.